The zero-order valence-corrected chi connectivity index (χ0v) is 16.1. The molecule has 0 N–H and O–H groups in total. The molecule has 0 saturated heterocycles. The summed E-state index contributed by atoms with van der Waals surface area (Å²) in [5, 5.41) is 0. The second-order valence-electron chi connectivity index (χ2n) is 7.87. The number of hydrogen-bond acceptors (Lipinski definition) is 7. The number of nitrogens with zero attached hydrogens (tertiary/aromatic N) is 1. The standard InChI is InChI=1S/C24H15NO6/c26-16-9-10-18-20(22(16)27)19(23(28)31-18)15-11-12-5-1-3-7-14(12)25(15)21-13-6-2-4-8-17(13)30-24(21)29/h1-10,15,19,21H,11H2. The third kappa shape index (κ3) is 2.40. The molecular weight excluding hydrogens is 398 g/mol. The molecule has 0 bridgehead atoms. The Hall–Kier alpha value is -4.00. The van der Waals surface area contributed by atoms with Gasteiger partial charge < -0.3 is 14.4 Å². The van der Waals surface area contributed by atoms with Gasteiger partial charge in [-0.25, -0.2) is 4.79 Å². The van der Waals surface area contributed by atoms with Gasteiger partial charge in [0.25, 0.3) is 0 Å². The van der Waals surface area contributed by atoms with Gasteiger partial charge in [0.2, 0.25) is 11.6 Å². The van der Waals surface area contributed by atoms with Crippen LogP contribution in [-0.4, -0.2) is 29.5 Å². The Labute approximate surface area is 176 Å². The van der Waals surface area contributed by atoms with Crippen molar-refractivity contribution in [3.8, 4) is 5.75 Å². The van der Waals surface area contributed by atoms with Crippen molar-refractivity contribution < 1.29 is 28.7 Å². The van der Waals surface area contributed by atoms with Crippen molar-refractivity contribution in [1.29, 1.82) is 0 Å². The van der Waals surface area contributed by atoms with Gasteiger partial charge in [0.15, 0.2) is 6.04 Å². The minimum Gasteiger partial charge on any atom is -0.426 e. The second-order valence-corrected chi connectivity index (χ2v) is 7.87. The monoisotopic (exact) mass is 413 g/mol. The SMILES string of the molecule is O=C1C=CC2=C(C1=O)C(C1Cc3ccccc3N1C1C(=O)Oc3ccccc31)C(=O)O2. The number of ketones is 2. The predicted molar refractivity (Wildman–Crippen MR) is 107 cm³/mol. The Morgan fingerprint density at radius 2 is 1.61 bits per heavy atom. The van der Waals surface area contributed by atoms with Crippen LogP contribution in [0.15, 0.2) is 72.0 Å². The van der Waals surface area contributed by atoms with E-state index in [2.05, 4.69) is 0 Å². The number of para-hydroxylation sites is 2. The van der Waals surface area contributed by atoms with E-state index in [1.807, 2.05) is 41.3 Å². The molecule has 0 radical (unpaired) electrons. The van der Waals surface area contributed by atoms with Crippen LogP contribution in [0.1, 0.15) is 17.2 Å². The fourth-order valence-corrected chi connectivity index (χ4v) is 4.98. The maximum absolute atomic E-state index is 12.9. The third-order valence-corrected chi connectivity index (χ3v) is 6.26. The van der Waals surface area contributed by atoms with E-state index < -0.39 is 41.5 Å². The number of anilines is 1. The van der Waals surface area contributed by atoms with Gasteiger partial charge in [-0.3, -0.25) is 14.4 Å². The number of ether oxygens (including phenoxy) is 2. The van der Waals surface area contributed by atoms with E-state index in [1.165, 1.54) is 6.08 Å². The molecule has 0 spiro atoms. The number of allylic oxidation sites excluding steroid dienone is 2. The van der Waals surface area contributed by atoms with Crippen LogP contribution in [0.3, 0.4) is 0 Å². The lowest BCUT2D eigenvalue weighted by atomic mass is 9.84. The third-order valence-electron chi connectivity index (χ3n) is 6.26. The summed E-state index contributed by atoms with van der Waals surface area (Å²) >= 11 is 0. The van der Waals surface area contributed by atoms with Gasteiger partial charge >= 0.3 is 11.9 Å². The van der Waals surface area contributed by atoms with Crippen molar-refractivity contribution in [3.63, 3.8) is 0 Å². The molecule has 2 aromatic rings. The number of Topliss-reactive ketones (excluding diaryl/α,β-unsaturated/α-hetero) is 1. The quantitative estimate of drug-likeness (QED) is 0.323. The molecule has 0 amide bonds. The highest BCUT2D eigenvalue weighted by atomic mass is 16.5. The number of esters is 2. The number of benzene rings is 2. The zero-order chi connectivity index (χ0) is 21.3. The molecule has 0 aromatic heterocycles. The van der Waals surface area contributed by atoms with E-state index >= 15 is 0 Å². The largest absolute Gasteiger partial charge is 0.426 e. The molecule has 4 aliphatic rings. The van der Waals surface area contributed by atoms with E-state index in [1.54, 1.807) is 12.1 Å². The van der Waals surface area contributed by atoms with E-state index in [0.717, 1.165) is 17.3 Å². The highest BCUT2D eigenvalue weighted by Gasteiger charge is 2.53. The van der Waals surface area contributed by atoms with Gasteiger partial charge in [-0.05, 0) is 36.3 Å². The van der Waals surface area contributed by atoms with Crippen molar-refractivity contribution in [2.45, 2.75) is 18.5 Å². The van der Waals surface area contributed by atoms with Crippen LogP contribution >= 0.6 is 0 Å². The van der Waals surface area contributed by atoms with Gasteiger partial charge in [-0.1, -0.05) is 36.4 Å². The molecule has 3 atom stereocenters. The number of carbonyl (C=O) groups is 4. The van der Waals surface area contributed by atoms with Crippen molar-refractivity contribution >= 4 is 29.2 Å². The molecule has 1 aliphatic carbocycles. The molecule has 152 valence electrons. The summed E-state index contributed by atoms with van der Waals surface area (Å²) in [5.74, 6) is -2.86. The molecule has 3 unspecified atom stereocenters. The van der Waals surface area contributed by atoms with Crippen molar-refractivity contribution in [2.24, 2.45) is 5.92 Å². The summed E-state index contributed by atoms with van der Waals surface area (Å²) in [7, 11) is 0. The first-order chi connectivity index (χ1) is 15.0. The highest BCUT2D eigenvalue weighted by molar-refractivity contribution is 6.49. The van der Waals surface area contributed by atoms with Gasteiger partial charge in [0, 0.05) is 11.3 Å². The Balaban J connectivity index is 1.51. The van der Waals surface area contributed by atoms with Gasteiger partial charge in [0.1, 0.15) is 17.4 Å². The van der Waals surface area contributed by atoms with Crippen LogP contribution in [0, 0.1) is 5.92 Å². The Morgan fingerprint density at radius 3 is 2.48 bits per heavy atom. The van der Waals surface area contributed by atoms with E-state index in [-0.39, 0.29) is 11.3 Å². The van der Waals surface area contributed by atoms with Crippen molar-refractivity contribution in [3.05, 3.63) is 83.1 Å². The first-order valence-electron chi connectivity index (χ1n) is 9.94. The van der Waals surface area contributed by atoms with Gasteiger partial charge in [-0.2, -0.15) is 0 Å². The van der Waals surface area contributed by atoms with E-state index in [4.69, 9.17) is 9.47 Å². The topological polar surface area (TPSA) is 90.0 Å². The lowest BCUT2D eigenvalue weighted by molar-refractivity contribution is -0.141. The van der Waals surface area contributed by atoms with Crippen LogP contribution < -0.4 is 9.64 Å². The van der Waals surface area contributed by atoms with E-state index in [0.29, 0.717) is 17.7 Å². The Morgan fingerprint density at radius 1 is 0.839 bits per heavy atom. The first-order valence-corrected chi connectivity index (χ1v) is 9.94. The van der Waals surface area contributed by atoms with Crippen LogP contribution in [-0.2, 0) is 30.3 Å². The van der Waals surface area contributed by atoms with Crippen LogP contribution in [0.5, 0.6) is 5.75 Å². The summed E-state index contributed by atoms with van der Waals surface area (Å²) < 4.78 is 10.8. The molecule has 3 aliphatic heterocycles. The molecule has 0 saturated carbocycles. The lowest BCUT2D eigenvalue weighted by Gasteiger charge is -2.34. The van der Waals surface area contributed by atoms with Gasteiger partial charge in [-0.15, -0.1) is 0 Å². The summed E-state index contributed by atoms with van der Waals surface area (Å²) in [6, 6.07) is 13.4. The Bertz CT molecular complexity index is 1270. The highest BCUT2D eigenvalue weighted by Crippen LogP contribution is 2.49. The molecule has 0 fully saturated rings. The smallest absolute Gasteiger partial charge is 0.339 e. The summed E-state index contributed by atoms with van der Waals surface area (Å²) in [4.78, 5) is 52.4. The molecular formula is C24H15NO6. The average molecular weight is 413 g/mol. The van der Waals surface area contributed by atoms with Gasteiger partial charge in [0.05, 0.1) is 11.6 Å². The molecule has 31 heavy (non-hydrogen) atoms. The summed E-state index contributed by atoms with van der Waals surface area (Å²) in [6.07, 6.45) is 2.90. The first kappa shape index (κ1) is 17.8. The average Bonchev–Trinajstić information content (AvgIpc) is 3.40. The maximum atomic E-state index is 12.9. The summed E-state index contributed by atoms with van der Waals surface area (Å²) in [6.45, 7) is 0. The minimum atomic E-state index is -0.982. The Kier molecular flexibility index (Phi) is 3.59. The molecule has 7 nitrogen and oxygen atoms in total. The van der Waals surface area contributed by atoms with Crippen molar-refractivity contribution in [1.82, 2.24) is 0 Å². The molecule has 7 heteroatoms. The van der Waals surface area contributed by atoms with E-state index in [9.17, 15) is 19.2 Å². The number of fused-ring (bicyclic) bond motifs is 2. The molecule has 3 heterocycles. The fourth-order valence-electron chi connectivity index (χ4n) is 4.98. The minimum absolute atomic E-state index is 0.0694. The fraction of sp³-hybridized carbons (Fsp3) is 0.167. The number of carbonyl (C=O) groups excluding carboxylic acids is 4. The zero-order valence-electron chi connectivity index (χ0n) is 16.1. The van der Waals surface area contributed by atoms with Crippen LogP contribution in [0.25, 0.3) is 0 Å². The maximum Gasteiger partial charge on any atom is 0.339 e. The van der Waals surface area contributed by atoms with Crippen LogP contribution in [0.4, 0.5) is 5.69 Å². The number of rotatable bonds is 2. The van der Waals surface area contributed by atoms with Crippen molar-refractivity contribution in [2.75, 3.05) is 4.90 Å². The molecule has 2 aromatic carbocycles. The summed E-state index contributed by atoms with van der Waals surface area (Å²) in [5.41, 5.74) is 2.50. The number of hydrogen-bond donors (Lipinski definition) is 0. The normalized spacial score (nSPS) is 26.1. The second kappa shape index (κ2) is 6.25. The van der Waals surface area contributed by atoms with Crippen LogP contribution in [0.2, 0.25) is 0 Å². The molecule has 6 rings (SSSR count). The predicted octanol–water partition coefficient (Wildman–Crippen LogP) is 2.21. The lowest BCUT2D eigenvalue weighted by Crippen LogP contribution is -2.46.